The van der Waals surface area contributed by atoms with E-state index in [0.29, 0.717) is 13.2 Å². The Hall–Kier alpha value is -1.28. The van der Waals surface area contributed by atoms with Gasteiger partial charge in [-0.15, -0.1) is 26.3 Å². The standard InChI is InChI=1S/C9H20O4.4C3H6.C2H6O2/c1-7(11)5-12-9(3)6-13-8(2)4-10;4*1-3-2;3-1-2-4/h7-11H,4-6H2,1-3H3;4*3H,1H2,2H3;3-4H,1-2H2. The molecule has 0 aliphatic carbocycles. The minimum Gasteiger partial charge on any atom is -0.394 e. The molecule has 0 bridgehead atoms. The fraction of sp³-hybridized carbons (Fsp3) is 0.652. The highest BCUT2D eigenvalue weighted by Gasteiger charge is 2.06. The predicted molar refractivity (Wildman–Crippen MR) is 127 cm³/mol. The SMILES string of the molecule is C=CC.C=CC.C=CC.C=CC.CC(O)COC(C)COC(C)CO.OCCO. The van der Waals surface area contributed by atoms with Crippen LogP contribution in [0, 0.1) is 0 Å². The summed E-state index contributed by atoms with van der Waals surface area (Å²) in [6.45, 7) is 26.9. The van der Waals surface area contributed by atoms with Crippen LogP contribution in [-0.2, 0) is 9.47 Å². The molecule has 0 saturated carbocycles. The van der Waals surface area contributed by atoms with Crippen LogP contribution in [0.1, 0.15) is 48.5 Å². The van der Waals surface area contributed by atoms with Crippen molar-refractivity contribution < 1.29 is 29.9 Å². The number of aliphatic hydroxyl groups is 4. The van der Waals surface area contributed by atoms with Crippen LogP contribution in [-0.4, -0.2) is 71.8 Å². The van der Waals surface area contributed by atoms with Gasteiger partial charge in [0.05, 0.1) is 51.3 Å². The Morgan fingerprint density at radius 3 is 1.14 bits per heavy atom. The molecule has 0 radical (unpaired) electrons. The van der Waals surface area contributed by atoms with Crippen LogP contribution in [0.25, 0.3) is 0 Å². The van der Waals surface area contributed by atoms with Crippen LogP contribution in [0.5, 0.6) is 0 Å². The molecule has 29 heavy (non-hydrogen) atoms. The maximum Gasteiger partial charge on any atom is 0.0781 e. The molecule has 0 aromatic rings. The molecular weight excluding hydrogens is 372 g/mol. The zero-order chi connectivity index (χ0) is 24.5. The van der Waals surface area contributed by atoms with Crippen molar-refractivity contribution in [3.63, 3.8) is 0 Å². The minimum absolute atomic E-state index is 0.0170. The van der Waals surface area contributed by atoms with Gasteiger partial charge in [0.15, 0.2) is 0 Å². The summed E-state index contributed by atoms with van der Waals surface area (Å²) < 4.78 is 10.5. The van der Waals surface area contributed by atoms with Crippen LogP contribution in [0.15, 0.2) is 50.6 Å². The summed E-state index contributed by atoms with van der Waals surface area (Å²) in [6.07, 6.45) is 6.35. The van der Waals surface area contributed by atoms with Gasteiger partial charge in [-0.05, 0) is 48.5 Å². The van der Waals surface area contributed by atoms with Crippen molar-refractivity contribution in [2.24, 2.45) is 0 Å². The van der Waals surface area contributed by atoms with Gasteiger partial charge in [0.2, 0.25) is 0 Å². The van der Waals surface area contributed by atoms with Crippen molar-refractivity contribution in [2.45, 2.75) is 66.8 Å². The first-order valence-electron chi connectivity index (χ1n) is 9.65. The normalized spacial score (nSPS) is 11.0. The van der Waals surface area contributed by atoms with Crippen molar-refractivity contribution in [1.29, 1.82) is 0 Å². The van der Waals surface area contributed by atoms with Crippen molar-refractivity contribution in [3.8, 4) is 0 Å². The van der Waals surface area contributed by atoms with Gasteiger partial charge in [-0.25, -0.2) is 0 Å². The molecule has 0 rings (SSSR count). The zero-order valence-corrected chi connectivity index (χ0v) is 20.0. The molecular formula is C23H50O6. The first kappa shape index (κ1) is 42.0. The highest BCUT2D eigenvalue weighted by molar-refractivity contribution is 4.53. The fourth-order valence-electron chi connectivity index (χ4n) is 0.704. The molecule has 6 nitrogen and oxygen atoms in total. The Morgan fingerprint density at radius 2 is 0.931 bits per heavy atom. The summed E-state index contributed by atoms with van der Waals surface area (Å²) in [5.41, 5.74) is 0. The molecule has 0 aliphatic heterocycles. The summed E-state index contributed by atoms with van der Waals surface area (Å²) in [5.74, 6) is 0. The number of hydrogen-bond donors (Lipinski definition) is 4. The lowest BCUT2D eigenvalue weighted by Crippen LogP contribution is -2.24. The summed E-state index contributed by atoms with van der Waals surface area (Å²) >= 11 is 0. The molecule has 3 atom stereocenters. The van der Waals surface area contributed by atoms with Crippen molar-refractivity contribution >= 4 is 0 Å². The van der Waals surface area contributed by atoms with E-state index in [9.17, 15) is 0 Å². The largest absolute Gasteiger partial charge is 0.394 e. The van der Waals surface area contributed by atoms with E-state index >= 15 is 0 Å². The minimum atomic E-state index is -0.447. The molecule has 6 heteroatoms. The predicted octanol–water partition coefficient (Wildman–Crippen LogP) is 3.91. The van der Waals surface area contributed by atoms with E-state index < -0.39 is 6.10 Å². The molecule has 3 unspecified atom stereocenters. The molecule has 0 amide bonds. The second-order valence-electron chi connectivity index (χ2n) is 5.40. The van der Waals surface area contributed by atoms with E-state index in [-0.39, 0.29) is 32.0 Å². The monoisotopic (exact) mass is 422 g/mol. The van der Waals surface area contributed by atoms with Gasteiger partial charge >= 0.3 is 0 Å². The smallest absolute Gasteiger partial charge is 0.0781 e. The second-order valence-corrected chi connectivity index (χ2v) is 5.40. The third kappa shape index (κ3) is 119. The van der Waals surface area contributed by atoms with Gasteiger partial charge in [-0.2, -0.15) is 0 Å². The van der Waals surface area contributed by atoms with E-state index in [1.807, 2.05) is 34.6 Å². The van der Waals surface area contributed by atoms with Crippen LogP contribution in [0.3, 0.4) is 0 Å². The molecule has 0 spiro atoms. The summed E-state index contributed by atoms with van der Waals surface area (Å²) in [6, 6.07) is 0. The molecule has 178 valence electrons. The Balaban J connectivity index is -0.0000000677. The number of allylic oxidation sites excluding steroid dienone is 4. The van der Waals surface area contributed by atoms with Crippen molar-refractivity contribution in [2.75, 3.05) is 33.0 Å². The Kier molecular flexibility index (Phi) is 73.0. The molecule has 0 fully saturated rings. The Labute approximate surface area is 180 Å². The fourth-order valence-corrected chi connectivity index (χ4v) is 0.704. The third-order valence-electron chi connectivity index (χ3n) is 1.59. The number of hydrogen-bond acceptors (Lipinski definition) is 6. The second kappa shape index (κ2) is 50.4. The molecule has 0 heterocycles. The van der Waals surface area contributed by atoms with Crippen LogP contribution in [0.4, 0.5) is 0 Å². The van der Waals surface area contributed by atoms with Gasteiger partial charge in [0.1, 0.15) is 0 Å². The van der Waals surface area contributed by atoms with E-state index in [4.69, 9.17) is 29.9 Å². The van der Waals surface area contributed by atoms with Gasteiger partial charge in [-0.3, -0.25) is 0 Å². The van der Waals surface area contributed by atoms with Crippen molar-refractivity contribution in [1.82, 2.24) is 0 Å². The highest BCUT2D eigenvalue weighted by Crippen LogP contribution is 1.97. The third-order valence-corrected chi connectivity index (χ3v) is 1.59. The molecule has 4 N–H and O–H groups in total. The van der Waals surface area contributed by atoms with Crippen molar-refractivity contribution in [3.05, 3.63) is 50.6 Å². The lowest BCUT2D eigenvalue weighted by molar-refractivity contribution is -0.0620. The first-order valence-corrected chi connectivity index (χ1v) is 9.65. The van der Waals surface area contributed by atoms with E-state index in [1.165, 1.54) is 0 Å². The number of rotatable bonds is 8. The zero-order valence-electron chi connectivity index (χ0n) is 20.0. The van der Waals surface area contributed by atoms with E-state index in [0.717, 1.165) is 0 Å². The van der Waals surface area contributed by atoms with Crippen LogP contribution < -0.4 is 0 Å². The van der Waals surface area contributed by atoms with Crippen LogP contribution in [0.2, 0.25) is 0 Å². The van der Waals surface area contributed by atoms with Crippen LogP contribution >= 0.6 is 0 Å². The van der Waals surface area contributed by atoms with Gasteiger partial charge in [-0.1, -0.05) is 24.3 Å². The Bertz CT molecular complexity index is 255. The molecule has 0 aromatic heterocycles. The van der Waals surface area contributed by atoms with Gasteiger partial charge < -0.3 is 29.9 Å². The van der Waals surface area contributed by atoms with E-state index in [1.54, 1.807) is 38.2 Å². The number of aliphatic hydroxyl groups excluding tert-OH is 4. The summed E-state index contributed by atoms with van der Waals surface area (Å²) in [7, 11) is 0. The maximum absolute atomic E-state index is 8.92. The average molecular weight is 423 g/mol. The topological polar surface area (TPSA) is 99.4 Å². The molecule has 0 aromatic carbocycles. The number of ether oxygens (including phenoxy) is 2. The van der Waals surface area contributed by atoms with Gasteiger partial charge in [0.25, 0.3) is 0 Å². The maximum atomic E-state index is 8.92. The molecule has 0 saturated heterocycles. The van der Waals surface area contributed by atoms with Gasteiger partial charge in [0, 0.05) is 0 Å². The lowest BCUT2D eigenvalue weighted by Gasteiger charge is -2.16. The molecule has 0 aliphatic rings. The quantitative estimate of drug-likeness (QED) is 0.443. The highest BCUT2D eigenvalue weighted by atomic mass is 16.5. The lowest BCUT2D eigenvalue weighted by atomic mass is 10.4. The first-order chi connectivity index (χ1) is 13.6. The van der Waals surface area contributed by atoms with E-state index in [2.05, 4.69) is 26.3 Å². The average Bonchev–Trinajstić information content (AvgIpc) is 2.67. The Morgan fingerprint density at radius 1 is 0.655 bits per heavy atom. The summed E-state index contributed by atoms with van der Waals surface area (Å²) in [5, 5.41) is 32.8. The summed E-state index contributed by atoms with van der Waals surface area (Å²) in [4.78, 5) is 0.